The standard InChI is InChI=1S/C20H25N2O/c1-3-12-10-22(2)18-9-15-13-6-4-5-7-17(13)21-20(15)19(22)8-14(12)16(18)11-23/h3-7,14,16,18-19,21,23H,8-11H2,1-2H3/q+1/b12-3+/t14-,16-,18-,19-,22?/m1/s1. The zero-order valence-corrected chi connectivity index (χ0v) is 13.9. The van der Waals surface area contributed by atoms with Crippen molar-refractivity contribution in [1.82, 2.24) is 4.98 Å². The predicted octanol–water partition coefficient (Wildman–Crippen LogP) is 3.17. The van der Waals surface area contributed by atoms with Crippen LogP contribution in [-0.4, -0.2) is 40.8 Å². The number of rotatable bonds is 1. The van der Waals surface area contributed by atoms with E-state index in [2.05, 4.69) is 49.3 Å². The molecule has 23 heavy (non-hydrogen) atoms. The lowest BCUT2D eigenvalue weighted by Crippen LogP contribution is -2.70. The van der Waals surface area contributed by atoms with Crippen molar-refractivity contribution in [2.45, 2.75) is 31.8 Å². The van der Waals surface area contributed by atoms with E-state index in [1.165, 1.54) is 28.6 Å². The molecule has 120 valence electrons. The van der Waals surface area contributed by atoms with E-state index in [1.54, 1.807) is 5.57 Å². The largest absolute Gasteiger partial charge is 0.396 e. The number of piperidine rings is 3. The Labute approximate surface area is 137 Å². The number of hydrogen-bond donors (Lipinski definition) is 2. The van der Waals surface area contributed by atoms with Crippen LogP contribution in [0.1, 0.15) is 30.6 Å². The minimum Gasteiger partial charge on any atom is -0.396 e. The molecule has 3 nitrogen and oxygen atoms in total. The Hall–Kier alpha value is -1.58. The molecule has 0 spiro atoms. The van der Waals surface area contributed by atoms with Gasteiger partial charge in [0.25, 0.3) is 0 Å². The number of hydrogen-bond acceptors (Lipinski definition) is 1. The first-order valence-corrected chi connectivity index (χ1v) is 8.87. The molecule has 2 N–H and O–H groups in total. The number of para-hydroxylation sites is 1. The highest BCUT2D eigenvalue weighted by atomic mass is 16.3. The average molecular weight is 309 g/mol. The van der Waals surface area contributed by atoms with Gasteiger partial charge in [0, 0.05) is 35.6 Å². The van der Waals surface area contributed by atoms with Gasteiger partial charge in [0.1, 0.15) is 12.6 Å². The van der Waals surface area contributed by atoms with Crippen LogP contribution >= 0.6 is 0 Å². The third-order valence-electron chi connectivity index (χ3n) is 7.13. The quantitative estimate of drug-likeness (QED) is 0.616. The summed E-state index contributed by atoms with van der Waals surface area (Å²) in [6.07, 6.45) is 4.59. The topological polar surface area (TPSA) is 36.0 Å². The van der Waals surface area contributed by atoms with Crippen LogP contribution in [0.4, 0.5) is 0 Å². The second kappa shape index (κ2) is 4.49. The Balaban J connectivity index is 1.73. The first kappa shape index (κ1) is 13.8. The minimum absolute atomic E-state index is 0.324. The van der Waals surface area contributed by atoms with Gasteiger partial charge in [0.2, 0.25) is 0 Å². The number of fused-ring (bicyclic) bond motifs is 4. The van der Waals surface area contributed by atoms with Crippen LogP contribution in [0.3, 0.4) is 0 Å². The molecule has 3 heteroatoms. The van der Waals surface area contributed by atoms with Crippen LogP contribution in [0.25, 0.3) is 10.9 Å². The number of nitrogens with zero attached hydrogens (tertiary/aromatic N) is 1. The molecular weight excluding hydrogens is 284 g/mol. The monoisotopic (exact) mass is 309 g/mol. The summed E-state index contributed by atoms with van der Waals surface area (Å²) in [6.45, 7) is 3.65. The maximum Gasteiger partial charge on any atom is 0.131 e. The van der Waals surface area contributed by atoms with Crippen LogP contribution in [0.15, 0.2) is 35.9 Å². The van der Waals surface area contributed by atoms with Crippen molar-refractivity contribution in [2.75, 3.05) is 20.2 Å². The highest BCUT2D eigenvalue weighted by Crippen LogP contribution is 2.57. The molecule has 1 aromatic heterocycles. The van der Waals surface area contributed by atoms with Crippen LogP contribution in [-0.2, 0) is 6.42 Å². The molecule has 3 saturated heterocycles. The van der Waals surface area contributed by atoms with E-state index >= 15 is 0 Å². The van der Waals surface area contributed by atoms with Crippen molar-refractivity contribution in [3.63, 3.8) is 0 Å². The minimum atomic E-state index is 0.324. The van der Waals surface area contributed by atoms with Crippen molar-refractivity contribution in [3.8, 4) is 0 Å². The maximum atomic E-state index is 10.1. The molecule has 0 saturated carbocycles. The van der Waals surface area contributed by atoms with Gasteiger partial charge in [-0.2, -0.15) is 0 Å². The van der Waals surface area contributed by atoms with Gasteiger partial charge in [-0.3, -0.25) is 0 Å². The van der Waals surface area contributed by atoms with Gasteiger partial charge in [-0.15, -0.1) is 0 Å². The zero-order chi connectivity index (χ0) is 15.8. The lowest BCUT2D eigenvalue weighted by atomic mass is 9.62. The molecule has 0 amide bonds. The van der Waals surface area contributed by atoms with Gasteiger partial charge in [-0.05, 0) is 24.1 Å². The van der Waals surface area contributed by atoms with Crippen LogP contribution in [0.2, 0.25) is 0 Å². The summed E-state index contributed by atoms with van der Waals surface area (Å²) in [6, 6.07) is 9.84. The zero-order valence-electron chi connectivity index (χ0n) is 13.9. The summed E-state index contributed by atoms with van der Waals surface area (Å²) in [5.41, 5.74) is 5.84. The number of nitrogens with one attached hydrogen (secondary N) is 1. The van der Waals surface area contributed by atoms with Crippen LogP contribution in [0.5, 0.6) is 0 Å². The van der Waals surface area contributed by atoms with E-state index in [9.17, 15) is 5.11 Å². The Morgan fingerprint density at radius 2 is 2.17 bits per heavy atom. The second-order valence-corrected chi connectivity index (χ2v) is 7.91. The van der Waals surface area contributed by atoms with Crippen LogP contribution < -0.4 is 0 Å². The lowest BCUT2D eigenvalue weighted by Gasteiger charge is -2.62. The number of benzene rings is 1. The second-order valence-electron chi connectivity index (χ2n) is 7.91. The molecule has 3 fully saturated rings. The molecule has 5 atom stereocenters. The summed E-state index contributed by atoms with van der Waals surface area (Å²) in [7, 11) is 2.42. The molecule has 6 rings (SSSR count). The van der Waals surface area contributed by atoms with E-state index in [1.807, 2.05) is 0 Å². The number of aromatic amines is 1. The van der Waals surface area contributed by atoms with Crippen molar-refractivity contribution in [3.05, 3.63) is 47.2 Å². The number of allylic oxidation sites excluding steroid dienone is 1. The van der Waals surface area contributed by atoms with Crippen molar-refractivity contribution < 1.29 is 9.59 Å². The predicted molar refractivity (Wildman–Crippen MR) is 92.0 cm³/mol. The Bertz CT molecular complexity index is 820. The van der Waals surface area contributed by atoms with Gasteiger partial charge < -0.3 is 14.6 Å². The summed E-state index contributed by atoms with van der Waals surface area (Å²) in [4.78, 5) is 3.75. The number of aliphatic hydroxyl groups is 1. The van der Waals surface area contributed by atoms with E-state index < -0.39 is 0 Å². The fourth-order valence-electron chi connectivity index (χ4n) is 6.02. The first-order chi connectivity index (χ1) is 11.2. The van der Waals surface area contributed by atoms with Crippen LogP contribution in [0, 0.1) is 11.8 Å². The van der Waals surface area contributed by atoms with Gasteiger partial charge in [0.05, 0.1) is 25.4 Å². The molecule has 2 aromatic rings. The fourth-order valence-corrected chi connectivity index (χ4v) is 6.02. The third kappa shape index (κ3) is 1.57. The maximum absolute atomic E-state index is 10.1. The summed E-state index contributed by atoms with van der Waals surface area (Å²) >= 11 is 0. The number of H-pyrrole nitrogens is 1. The fraction of sp³-hybridized carbons (Fsp3) is 0.500. The number of aliphatic hydroxyl groups excluding tert-OH is 1. The molecule has 4 aliphatic rings. The van der Waals surface area contributed by atoms with Gasteiger partial charge in [-0.1, -0.05) is 24.3 Å². The Morgan fingerprint density at radius 1 is 1.35 bits per heavy atom. The van der Waals surface area contributed by atoms with E-state index in [0.29, 0.717) is 30.5 Å². The summed E-state index contributed by atoms with van der Waals surface area (Å²) in [5.74, 6) is 0.984. The third-order valence-corrected chi connectivity index (χ3v) is 7.13. The number of aromatic nitrogens is 1. The normalized spacial score (nSPS) is 39.9. The smallest absolute Gasteiger partial charge is 0.131 e. The molecule has 0 radical (unpaired) electrons. The van der Waals surface area contributed by atoms with Gasteiger partial charge in [0.15, 0.2) is 0 Å². The van der Waals surface area contributed by atoms with Gasteiger partial charge in [-0.25, -0.2) is 0 Å². The molecule has 5 heterocycles. The first-order valence-electron chi connectivity index (χ1n) is 8.87. The number of likely N-dealkylation sites (N-methyl/N-ethyl adjacent to an activating group) is 1. The van der Waals surface area contributed by atoms with Crippen molar-refractivity contribution in [2.24, 2.45) is 11.8 Å². The van der Waals surface area contributed by atoms with Gasteiger partial charge >= 0.3 is 0 Å². The Morgan fingerprint density at radius 3 is 2.96 bits per heavy atom. The van der Waals surface area contributed by atoms with E-state index in [0.717, 1.165) is 17.4 Å². The highest BCUT2D eigenvalue weighted by Gasteiger charge is 2.61. The van der Waals surface area contributed by atoms with E-state index in [-0.39, 0.29) is 0 Å². The SMILES string of the molecule is C/C=C1\C[N+]2(C)[C@@H]3C[C@H]1[C@@H](CO)[C@H]2Cc1c3[nH]c2ccccc12. The van der Waals surface area contributed by atoms with Crippen molar-refractivity contribution in [1.29, 1.82) is 0 Å². The number of quaternary nitrogens is 1. The summed E-state index contributed by atoms with van der Waals surface area (Å²) in [5, 5.41) is 11.5. The van der Waals surface area contributed by atoms with Crippen molar-refractivity contribution >= 4 is 10.9 Å². The molecule has 1 unspecified atom stereocenters. The summed E-state index contributed by atoms with van der Waals surface area (Å²) < 4.78 is 1.08. The molecule has 4 bridgehead atoms. The van der Waals surface area contributed by atoms with E-state index in [4.69, 9.17) is 0 Å². The average Bonchev–Trinajstić information content (AvgIpc) is 2.92. The molecule has 1 aromatic carbocycles. The highest BCUT2D eigenvalue weighted by molar-refractivity contribution is 5.85. The molecule has 0 aliphatic carbocycles. The Kier molecular flexibility index (Phi) is 2.70. The molecule has 4 aliphatic heterocycles. The lowest BCUT2D eigenvalue weighted by molar-refractivity contribution is -0.978. The molecular formula is C20H25N2O+.